The number of hydrogen-bond donors (Lipinski definition) is 1. The third-order valence-electron chi connectivity index (χ3n) is 3.62. The van der Waals surface area contributed by atoms with E-state index in [1.165, 1.54) is 6.42 Å². The molecule has 1 fully saturated rings. The maximum Gasteiger partial charge on any atom is 0.261 e. The van der Waals surface area contributed by atoms with E-state index in [9.17, 15) is 5.11 Å². The van der Waals surface area contributed by atoms with Crippen LogP contribution < -0.4 is 0 Å². The SMILES string of the molecule is Cc1cccc(-c2nc(CC3CCCCO3)no2)c1O. The molecule has 106 valence electrons. The molecule has 1 atom stereocenters. The van der Waals surface area contributed by atoms with Crippen LogP contribution in [0, 0.1) is 6.92 Å². The van der Waals surface area contributed by atoms with Gasteiger partial charge in [-0.05, 0) is 37.8 Å². The fourth-order valence-electron chi connectivity index (χ4n) is 2.45. The van der Waals surface area contributed by atoms with E-state index in [-0.39, 0.29) is 11.9 Å². The van der Waals surface area contributed by atoms with Gasteiger partial charge in [0.2, 0.25) is 0 Å². The molecule has 2 aromatic rings. The molecule has 0 amide bonds. The average molecular weight is 274 g/mol. The third kappa shape index (κ3) is 2.67. The first-order chi connectivity index (χ1) is 9.74. The van der Waals surface area contributed by atoms with Crippen LogP contribution in [0.2, 0.25) is 0 Å². The predicted molar refractivity (Wildman–Crippen MR) is 73.4 cm³/mol. The molecule has 1 aromatic heterocycles. The van der Waals surface area contributed by atoms with Crippen molar-refractivity contribution in [2.24, 2.45) is 0 Å². The summed E-state index contributed by atoms with van der Waals surface area (Å²) in [6.07, 6.45) is 4.20. The molecule has 0 aliphatic carbocycles. The summed E-state index contributed by atoms with van der Waals surface area (Å²) < 4.78 is 10.9. The van der Waals surface area contributed by atoms with Crippen LogP contribution >= 0.6 is 0 Å². The van der Waals surface area contributed by atoms with Crippen molar-refractivity contribution in [1.29, 1.82) is 0 Å². The molecule has 3 rings (SSSR count). The minimum atomic E-state index is 0.181. The quantitative estimate of drug-likeness (QED) is 0.932. The van der Waals surface area contributed by atoms with Crippen LogP contribution in [0.3, 0.4) is 0 Å². The van der Waals surface area contributed by atoms with Gasteiger partial charge >= 0.3 is 0 Å². The van der Waals surface area contributed by atoms with Gasteiger partial charge in [0.05, 0.1) is 11.7 Å². The molecule has 2 heterocycles. The summed E-state index contributed by atoms with van der Waals surface area (Å²) >= 11 is 0. The maximum absolute atomic E-state index is 10.0. The molecule has 20 heavy (non-hydrogen) atoms. The Morgan fingerprint density at radius 2 is 2.25 bits per heavy atom. The number of phenolic OH excluding ortho intramolecular Hbond substituents is 1. The Balaban J connectivity index is 1.77. The van der Waals surface area contributed by atoms with Crippen molar-refractivity contribution in [1.82, 2.24) is 10.1 Å². The van der Waals surface area contributed by atoms with E-state index in [0.29, 0.717) is 23.7 Å². The number of aryl methyl sites for hydroxylation is 1. The van der Waals surface area contributed by atoms with Crippen LogP contribution in [0.5, 0.6) is 5.75 Å². The predicted octanol–water partition coefficient (Wildman–Crippen LogP) is 2.86. The zero-order chi connectivity index (χ0) is 13.9. The Morgan fingerprint density at radius 1 is 1.35 bits per heavy atom. The van der Waals surface area contributed by atoms with Crippen LogP contribution in [-0.4, -0.2) is 28.0 Å². The Labute approximate surface area is 117 Å². The lowest BCUT2D eigenvalue weighted by atomic mass is 10.1. The van der Waals surface area contributed by atoms with Gasteiger partial charge in [-0.3, -0.25) is 0 Å². The summed E-state index contributed by atoms with van der Waals surface area (Å²) in [6.45, 7) is 2.65. The Kier molecular flexibility index (Phi) is 3.69. The summed E-state index contributed by atoms with van der Waals surface area (Å²) in [5, 5.41) is 14.0. The minimum Gasteiger partial charge on any atom is -0.507 e. The number of benzene rings is 1. The second-order valence-corrected chi connectivity index (χ2v) is 5.18. The molecule has 0 saturated carbocycles. The van der Waals surface area contributed by atoms with Crippen molar-refractivity contribution in [2.75, 3.05) is 6.61 Å². The highest BCUT2D eigenvalue weighted by molar-refractivity contribution is 5.64. The maximum atomic E-state index is 10.0. The first-order valence-electron chi connectivity index (χ1n) is 6.97. The normalized spacial score (nSPS) is 19.1. The smallest absolute Gasteiger partial charge is 0.261 e. The second kappa shape index (κ2) is 5.63. The number of hydrogen-bond acceptors (Lipinski definition) is 5. The fourth-order valence-corrected chi connectivity index (χ4v) is 2.45. The molecule has 0 bridgehead atoms. The topological polar surface area (TPSA) is 68.4 Å². The zero-order valence-corrected chi connectivity index (χ0v) is 11.5. The highest BCUT2D eigenvalue weighted by Gasteiger charge is 2.19. The van der Waals surface area contributed by atoms with E-state index < -0.39 is 0 Å². The fraction of sp³-hybridized carbons (Fsp3) is 0.467. The molecule has 0 radical (unpaired) electrons. The van der Waals surface area contributed by atoms with Gasteiger partial charge in [0.1, 0.15) is 5.75 Å². The van der Waals surface area contributed by atoms with Gasteiger partial charge in [-0.25, -0.2) is 0 Å². The summed E-state index contributed by atoms with van der Waals surface area (Å²) in [4.78, 5) is 4.36. The number of rotatable bonds is 3. The number of aromatic hydroxyl groups is 1. The van der Waals surface area contributed by atoms with E-state index in [4.69, 9.17) is 9.26 Å². The molecular weight excluding hydrogens is 256 g/mol. The number of phenols is 1. The van der Waals surface area contributed by atoms with E-state index >= 15 is 0 Å². The molecule has 0 spiro atoms. The van der Waals surface area contributed by atoms with Gasteiger partial charge in [0, 0.05) is 13.0 Å². The van der Waals surface area contributed by atoms with Gasteiger partial charge in [-0.1, -0.05) is 17.3 Å². The lowest BCUT2D eigenvalue weighted by Crippen LogP contribution is -2.21. The Bertz CT molecular complexity index is 589. The van der Waals surface area contributed by atoms with Gasteiger partial charge in [0.15, 0.2) is 5.82 Å². The molecule has 5 nitrogen and oxygen atoms in total. The Morgan fingerprint density at radius 3 is 3.05 bits per heavy atom. The first-order valence-corrected chi connectivity index (χ1v) is 6.97. The van der Waals surface area contributed by atoms with E-state index in [2.05, 4.69) is 10.1 Å². The molecule has 1 aliphatic rings. The number of nitrogens with zero attached hydrogens (tertiary/aromatic N) is 2. The molecule has 1 unspecified atom stereocenters. The number of para-hydroxylation sites is 1. The van der Waals surface area contributed by atoms with Gasteiger partial charge < -0.3 is 14.4 Å². The van der Waals surface area contributed by atoms with Crippen LogP contribution in [-0.2, 0) is 11.2 Å². The van der Waals surface area contributed by atoms with Crippen LogP contribution in [0.15, 0.2) is 22.7 Å². The summed E-state index contributed by atoms with van der Waals surface area (Å²) in [6, 6.07) is 5.47. The monoisotopic (exact) mass is 274 g/mol. The Hall–Kier alpha value is -1.88. The highest BCUT2D eigenvalue weighted by atomic mass is 16.5. The van der Waals surface area contributed by atoms with E-state index in [1.54, 1.807) is 6.07 Å². The second-order valence-electron chi connectivity index (χ2n) is 5.18. The zero-order valence-electron chi connectivity index (χ0n) is 11.5. The van der Waals surface area contributed by atoms with Gasteiger partial charge in [0.25, 0.3) is 5.89 Å². The third-order valence-corrected chi connectivity index (χ3v) is 3.62. The molecular formula is C15H18N2O3. The standard InChI is InChI=1S/C15H18N2O3/c1-10-5-4-7-12(14(10)18)15-16-13(17-20-15)9-11-6-2-3-8-19-11/h4-5,7,11,18H,2-3,6,8-9H2,1H3. The van der Waals surface area contributed by atoms with Crippen molar-refractivity contribution < 1.29 is 14.4 Å². The van der Waals surface area contributed by atoms with Crippen LogP contribution in [0.1, 0.15) is 30.7 Å². The van der Waals surface area contributed by atoms with Crippen molar-refractivity contribution in [3.05, 3.63) is 29.6 Å². The van der Waals surface area contributed by atoms with Crippen LogP contribution in [0.4, 0.5) is 0 Å². The summed E-state index contributed by atoms with van der Waals surface area (Å²) in [5.41, 5.74) is 1.37. The van der Waals surface area contributed by atoms with E-state index in [0.717, 1.165) is 25.0 Å². The minimum absolute atomic E-state index is 0.181. The molecule has 1 saturated heterocycles. The number of ether oxygens (including phenoxy) is 1. The van der Waals surface area contributed by atoms with Crippen molar-refractivity contribution in [3.8, 4) is 17.2 Å². The lowest BCUT2D eigenvalue weighted by molar-refractivity contribution is 0.0153. The number of aromatic nitrogens is 2. The van der Waals surface area contributed by atoms with Crippen molar-refractivity contribution in [3.63, 3.8) is 0 Å². The molecule has 1 aromatic carbocycles. The largest absolute Gasteiger partial charge is 0.507 e. The van der Waals surface area contributed by atoms with E-state index in [1.807, 2.05) is 19.1 Å². The van der Waals surface area contributed by atoms with Crippen LogP contribution in [0.25, 0.3) is 11.5 Å². The first kappa shape index (κ1) is 13.1. The molecule has 1 N–H and O–H groups in total. The highest BCUT2D eigenvalue weighted by Crippen LogP contribution is 2.30. The van der Waals surface area contributed by atoms with Crippen molar-refractivity contribution >= 4 is 0 Å². The van der Waals surface area contributed by atoms with Gasteiger partial charge in [-0.2, -0.15) is 4.98 Å². The van der Waals surface area contributed by atoms with Gasteiger partial charge in [-0.15, -0.1) is 0 Å². The molecule has 1 aliphatic heterocycles. The molecule has 5 heteroatoms. The summed E-state index contributed by atoms with van der Waals surface area (Å²) in [5.74, 6) is 1.18. The average Bonchev–Trinajstić information content (AvgIpc) is 2.91. The lowest BCUT2D eigenvalue weighted by Gasteiger charge is -2.20. The summed E-state index contributed by atoms with van der Waals surface area (Å²) in [7, 11) is 0. The van der Waals surface area contributed by atoms with Crippen molar-refractivity contribution in [2.45, 2.75) is 38.7 Å².